The van der Waals surface area contributed by atoms with Crippen LogP contribution in [0.25, 0.3) is 11.0 Å². The summed E-state index contributed by atoms with van der Waals surface area (Å²) in [4.78, 5) is 17.2. The van der Waals surface area contributed by atoms with Crippen LogP contribution < -0.4 is 10.1 Å². The highest BCUT2D eigenvalue weighted by Crippen LogP contribution is 2.20. The van der Waals surface area contributed by atoms with Crippen molar-refractivity contribution in [2.24, 2.45) is 7.05 Å². The molecule has 25 heavy (non-hydrogen) atoms. The molecule has 1 amide bonds. The molecule has 0 unspecified atom stereocenters. The summed E-state index contributed by atoms with van der Waals surface area (Å²) in [6.07, 6.45) is 0.862. The van der Waals surface area contributed by atoms with E-state index in [9.17, 15) is 4.79 Å². The standard InChI is InChI=1S/C20H23N3O2/c1-5-19-22-17-12-15(8-11-18(17)23(19)3)20(24)21-13(2)14-6-9-16(25-4)10-7-14/h6-13H,5H2,1-4H3,(H,21,24)/t13-/m0/s1. The minimum atomic E-state index is -0.103. The maximum Gasteiger partial charge on any atom is 0.251 e. The minimum absolute atomic E-state index is 0.0935. The molecule has 5 nitrogen and oxygen atoms in total. The predicted octanol–water partition coefficient (Wildman–Crippen LogP) is 3.64. The van der Waals surface area contributed by atoms with Crippen LogP contribution in [0.4, 0.5) is 0 Å². The van der Waals surface area contributed by atoms with E-state index in [1.54, 1.807) is 7.11 Å². The van der Waals surface area contributed by atoms with Crippen molar-refractivity contribution in [2.75, 3.05) is 7.11 Å². The van der Waals surface area contributed by atoms with Crippen LogP contribution in [-0.2, 0) is 13.5 Å². The number of methoxy groups -OCH3 is 1. The normalized spacial score (nSPS) is 12.2. The highest BCUT2D eigenvalue weighted by Gasteiger charge is 2.14. The molecule has 3 rings (SSSR count). The first-order chi connectivity index (χ1) is 12.0. The van der Waals surface area contributed by atoms with E-state index >= 15 is 0 Å². The van der Waals surface area contributed by atoms with E-state index in [1.807, 2.05) is 56.4 Å². The number of aromatic nitrogens is 2. The quantitative estimate of drug-likeness (QED) is 0.773. The van der Waals surface area contributed by atoms with Gasteiger partial charge in [0.2, 0.25) is 0 Å². The van der Waals surface area contributed by atoms with Gasteiger partial charge in [0.15, 0.2) is 0 Å². The van der Waals surface area contributed by atoms with E-state index in [-0.39, 0.29) is 11.9 Å². The smallest absolute Gasteiger partial charge is 0.251 e. The Morgan fingerprint density at radius 2 is 1.96 bits per heavy atom. The first kappa shape index (κ1) is 17.0. The van der Waals surface area contributed by atoms with E-state index in [0.717, 1.165) is 34.6 Å². The largest absolute Gasteiger partial charge is 0.497 e. The summed E-state index contributed by atoms with van der Waals surface area (Å²) in [6.45, 7) is 4.04. The van der Waals surface area contributed by atoms with Gasteiger partial charge in [-0.1, -0.05) is 19.1 Å². The van der Waals surface area contributed by atoms with Gasteiger partial charge in [-0.2, -0.15) is 0 Å². The highest BCUT2D eigenvalue weighted by molar-refractivity contribution is 5.97. The number of carbonyl (C=O) groups excluding carboxylic acids is 1. The number of nitrogens with one attached hydrogen (secondary N) is 1. The van der Waals surface area contributed by atoms with Gasteiger partial charge in [0, 0.05) is 19.0 Å². The number of hydrogen-bond donors (Lipinski definition) is 1. The van der Waals surface area contributed by atoms with Crippen LogP contribution in [0.2, 0.25) is 0 Å². The van der Waals surface area contributed by atoms with Gasteiger partial charge in [0.05, 0.1) is 24.2 Å². The van der Waals surface area contributed by atoms with E-state index in [1.165, 1.54) is 0 Å². The molecule has 0 fully saturated rings. The van der Waals surface area contributed by atoms with Crippen molar-refractivity contribution in [2.45, 2.75) is 26.3 Å². The van der Waals surface area contributed by atoms with Gasteiger partial charge >= 0.3 is 0 Å². The third-order valence-corrected chi connectivity index (χ3v) is 4.52. The number of carbonyl (C=O) groups is 1. The van der Waals surface area contributed by atoms with Gasteiger partial charge in [-0.05, 0) is 42.8 Å². The maximum atomic E-state index is 12.6. The van der Waals surface area contributed by atoms with Crippen molar-refractivity contribution >= 4 is 16.9 Å². The lowest BCUT2D eigenvalue weighted by atomic mass is 10.1. The van der Waals surface area contributed by atoms with Crippen LogP contribution in [0.15, 0.2) is 42.5 Å². The summed E-state index contributed by atoms with van der Waals surface area (Å²) in [7, 11) is 3.64. The molecule has 2 aromatic carbocycles. The Hall–Kier alpha value is -2.82. The Labute approximate surface area is 147 Å². The van der Waals surface area contributed by atoms with Crippen LogP contribution in [0.3, 0.4) is 0 Å². The number of hydrogen-bond acceptors (Lipinski definition) is 3. The second-order valence-corrected chi connectivity index (χ2v) is 6.11. The SMILES string of the molecule is CCc1nc2cc(C(=O)N[C@@H](C)c3ccc(OC)cc3)ccc2n1C. The van der Waals surface area contributed by atoms with E-state index in [4.69, 9.17) is 4.74 Å². The molecule has 5 heteroatoms. The average molecular weight is 337 g/mol. The first-order valence-corrected chi connectivity index (χ1v) is 8.43. The number of aryl methyl sites for hydroxylation is 2. The lowest BCUT2D eigenvalue weighted by molar-refractivity contribution is 0.0940. The molecule has 130 valence electrons. The summed E-state index contributed by atoms with van der Waals surface area (Å²) in [5.41, 5.74) is 3.54. The summed E-state index contributed by atoms with van der Waals surface area (Å²) >= 11 is 0. The van der Waals surface area contributed by atoms with Gasteiger partial charge in [0.25, 0.3) is 5.91 Å². The number of nitrogens with zero attached hydrogens (tertiary/aromatic N) is 2. The molecule has 0 saturated heterocycles. The van der Waals surface area contributed by atoms with Gasteiger partial charge in [-0.15, -0.1) is 0 Å². The van der Waals surface area contributed by atoms with Crippen molar-refractivity contribution in [1.29, 1.82) is 0 Å². The molecule has 1 N–H and O–H groups in total. The van der Waals surface area contributed by atoms with Gasteiger partial charge in [-0.3, -0.25) is 4.79 Å². The fourth-order valence-corrected chi connectivity index (χ4v) is 2.96. The van der Waals surface area contributed by atoms with Crippen molar-refractivity contribution in [3.05, 3.63) is 59.4 Å². The van der Waals surface area contributed by atoms with E-state index < -0.39 is 0 Å². The van der Waals surface area contributed by atoms with Crippen molar-refractivity contribution < 1.29 is 9.53 Å². The molecule has 0 aliphatic carbocycles. The van der Waals surface area contributed by atoms with Crippen LogP contribution in [-0.4, -0.2) is 22.6 Å². The molecule has 0 bridgehead atoms. The first-order valence-electron chi connectivity index (χ1n) is 8.43. The van der Waals surface area contributed by atoms with Crippen LogP contribution in [0, 0.1) is 0 Å². The Bertz CT molecular complexity index is 897. The molecular formula is C20H23N3O2. The number of fused-ring (bicyclic) bond motifs is 1. The van der Waals surface area contributed by atoms with Crippen LogP contribution in [0.5, 0.6) is 5.75 Å². The van der Waals surface area contributed by atoms with E-state index in [2.05, 4.69) is 21.8 Å². The minimum Gasteiger partial charge on any atom is -0.497 e. The van der Waals surface area contributed by atoms with Gasteiger partial charge < -0.3 is 14.6 Å². The molecule has 1 atom stereocenters. The Balaban J connectivity index is 1.79. The second-order valence-electron chi connectivity index (χ2n) is 6.11. The molecule has 3 aromatic rings. The number of benzene rings is 2. The molecule has 1 aromatic heterocycles. The molecule has 0 radical (unpaired) electrons. The predicted molar refractivity (Wildman–Crippen MR) is 99.0 cm³/mol. The Morgan fingerprint density at radius 3 is 2.60 bits per heavy atom. The zero-order valence-corrected chi connectivity index (χ0v) is 15.0. The summed E-state index contributed by atoms with van der Waals surface area (Å²) in [5.74, 6) is 1.71. The molecular weight excluding hydrogens is 314 g/mol. The fourth-order valence-electron chi connectivity index (χ4n) is 2.96. The average Bonchev–Trinajstić information content (AvgIpc) is 2.97. The number of rotatable bonds is 5. The topological polar surface area (TPSA) is 56.1 Å². The van der Waals surface area contributed by atoms with E-state index in [0.29, 0.717) is 5.56 Å². The molecule has 0 saturated carbocycles. The molecule has 1 heterocycles. The lowest BCUT2D eigenvalue weighted by Gasteiger charge is -2.15. The highest BCUT2D eigenvalue weighted by atomic mass is 16.5. The zero-order valence-electron chi connectivity index (χ0n) is 15.0. The summed E-state index contributed by atoms with van der Waals surface area (Å²) < 4.78 is 7.23. The fraction of sp³-hybridized carbons (Fsp3) is 0.300. The van der Waals surface area contributed by atoms with Crippen molar-refractivity contribution in [1.82, 2.24) is 14.9 Å². The number of ether oxygens (including phenoxy) is 1. The third-order valence-electron chi connectivity index (χ3n) is 4.52. The zero-order chi connectivity index (χ0) is 18.0. The number of amides is 1. The maximum absolute atomic E-state index is 12.6. The molecule has 0 spiro atoms. The van der Waals surface area contributed by atoms with Gasteiger partial charge in [-0.25, -0.2) is 4.98 Å². The number of imidazole rings is 1. The molecule has 0 aliphatic heterocycles. The lowest BCUT2D eigenvalue weighted by Crippen LogP contribution is -2.26. The van der Waals surface area contributed by atoms with Crippen LogP contribution >= 0.6 is 0 Å². The Kier molecular flexibility index (Phi) is 4.74. The van der Waals surface area contributed by atoms with Gasteiger partial charge in [0.1, 0.15) is 11.6 Å². The summed E-state index contributed by atoms with van der Waals surface area (Å²) in [6, 6.07) is 13.3. The second kappa shape index (κ2) is 6.97. The third kappa shape index (κ3) is 3.36. The van der Waals surface area contributed by atoms with Crippen LogP contribution in [0.1, 0.15) is 41.6 Å². The van der Waals surface area contributed by atoms with Crippen molar-refractivity contribution in [3.8, 4) is 5.75 Å². The van der Waals surface area contributed by atoms with Crippen molar-refractivity contribution in [3.63, 3.8) is 0 Å². The Morgan fingerprint density at radius 1 is 1.24 bits per heavy atom. The molecule has 0 aliphatic rings. The monoisotopic (exact) mass is 337 g/mol. The summed E-state index contributed by atoms with van der Waals surface area (Å²) in [5, 5.41) is 3.04.